The van der Waals surface area contributed by atoms with Crippen molar-refractivity contribution in [2.45, 2.75) is 12.6 Å². The van der Waals surface area contributed by atoms with Crippen molar-refractivity contribution in [3.63, 3.8) is 0 Å². The van der Waals surface area contributed by atoms with Crippen molar-refractivity contribution < 1.29 is 18.0 Å². The minimum Gasteiger partial charge on any atom is -0.294 e. The van der Waals surface area contributed by atoms with E-state index in [1.54, 1.807) is 24.3 Å². The fourth-order valence-electron chi connectivity index (χ4n) is 2.41. The van der Waals surface area contributed by atoms with Crippen LogP contribution in [0.1, 0.15) is 17.8 Å². The number of aliphatic imine (C=N–C) groups is 1. The summed E-state index contributed by atoms with van der Waals surface area (Å²) >= 11 is 0. The third kappa shape index (κ3) is 4.37. The molecule has 0 aliphatic carbocycles. The summed E-state index contributed by atoms with van der Waals surface area (Å²) in [6, 6.07) is 13.4. The van der Waals surface area contributed by atoms with E-state index in [1.165, 1.54) is 29.2 Å². The molecule has 0 atom stereocenters. The Morgan fingerprint density at radius 3 is 2.61 bits per heavy atom. The Bertz CT molecular complexity index is 1030. The van der Waals surface area contributed by atoms with E-state index < -0.39 is 17.5 Å². The highest BCUT2D eigenvalue weighted by Gasteiger charge is 2.30. The second-order valence-corrected chi connectivity index (χ2v) is 5.72. The highest BCUT2D eigenvalue weighted by atomic mass is 19.4. The van der Waals surface area contributed by atoms with Gasteiger partial charge in [0.25, 0.3) is 0 Å². The molecule has 6 nitrogen and oxygen atoms in total. The van der Waals surface area contributed by atoms with Crippen LogP contribution in [0.4, 0.5) is 18.9 Å². The molecule has 142 valence electrons. The van der Waals surface area contributed by atoms with Gasteiger partial charge in [0.05, 0.1) is 11.3 Å². The van der Waals surface area contributed by atoms with Gasteiger partial charge in [-0.2, -0.15) is 13.2 Å². The molecule has 2 aromatic carbocycles. The first-order chi connectivity index (χ1) is 13.4. The molecule has 1 heterocycles. The fraction of sp³-hybridized carbons (Fsp3) is 0.105. The van der Waals surface area contributed by atoms with E-state index >= 15 is 0 Å². The number of benzene rings is 2. The molecule has 0 aliphatic rings. The lowest BCUT2D eigenvalue weighted by Crippen LogP contribution is -2.19. The molecule has 28 heavy (non-hydrogen) atoms. The summed E-state index contributed by atoms with van der Waals surface area (Å²) in [6.07, 6.45) is -2.15. The van der Waals surface area contributed by atoms with E-state index in [4.69, 9.17) is 5.41 Å². The van der Waals surface area contributed by atoms with Gasteiger partial charge >= 0.3 is 6.18 Å². The summed E-state index contributed by atoms with van der Waals surface area (Å²) in [4.78, 5) is 16.1. The zero-order valence-corrected chi connectivity index (χ0v) is 14.4. The standard InChI is InChI=1S/C19H14F3N5O/c20-19(21,22)13-5-4-6-14(11-13)24-10-9-16(28)17(23)18-26-25-12-27(18)15-7-2-1-3-8-15/h1-8,10-12,23H,9H2. The Morgan fingerprint density at radius 1 is 1.14 bits per heavy atom. The van der Waals surface area contributed by atoms with Crippen LogP contribution in [0, 0.1) is 5.41 Å². The molecule has 1 aromatic heterocycles. The van der Waals surface area contributed by atoms with Gasteiger partial charge in [-0.15, -0.1) is 10.2 Å². The molecular weight excluding hydrogens is 371 g/mol. The Labute approximate surface area is 157 Å². The molecule has 0 fully saturated rings. The SMILES string of the molecule is N=C(C(=O)CC=Nc1cccc(C(F)(F)F)c1)c1nncn1-c1ccccc1. The number of ketones is 1. The zero-order chi connectivity index (χ0) is 20.1. The van der Waals surface area contributed by atoms with Crippen molar-refractivity contribution in [2.24, 2.45) is 4.99 Å². The summed E-state index contributed by atoms with van der Waals surface area (Å²) in [7, 11) is 0. The van der Waals surface area contributed by atoms with Gasteiger partial charge in [0.15, 0.2) is 11.6 Å². The van der Waals surface area contributed by atoms with Crippen LogP contribution in [-0.4, -0.2) is 32.5 Å². The van der Waals surface area contributed by atoms with Crippen molar-refractivity contribution in [1.82, 2.24) is 14.8 Å². The molecule has 9 heteroatoms. The quantitative estimate of drug-likeness (QED) is 0.651. The van der Waals surface area contributed by atoms with E-state index in [0.29, 0.717) is 5.69 Å². The van der Waals surface area contributed by atoms with E-state index in [-0.39, 0.29) is 23.6 Å². The molecule has 3 aromatic rings. The minimum atomic E-state index is -4.47. The Morgan fingerprint density at radius 2 is 1.89 bits per heavy atom. The molecule has 0 unspecified atom stereocenters. The first-order valence-corrected chi connectivity index (χ1v) is 8.13. The van der Waals surface area contributed by atoms with Crippen LogP contribution in [0.2, 0.25) is 0 Å². The van der Waals surface area contributed by atoms with Crippen LogP contribution < -0.4 is 0 Å². The fourth-order valence-corrected chi connectivity index (χ4v) is 2.41. The highest BCUT2D eigenvalue weighted by molar-refractivity contribution is 6.45. The first kappa shape index (κ1) is 19.2. The van der Waals surface area contributed by atoms with Crippen LogP contribution in [0.15, 0.2) is 65.9 Å². The lowest BCUT2D eigenvalue weighted by molar-refractivity contribution is -0.137. The number of halogens is 3. The van der Waals surface area contributed by atoms with Gasteiger partial charge in [-0.25, -0.2) is 0 Å². The highest BCUT2D eigenvalue weighted by Crippen LogP contribution is 2.31. The summed E-state index contributed by atoms with van der Waals surface area (Å²) in [6.45, 7) is 0. The average molecular weight is 385 g/mol. The maximum absolute atomic E-state index is 12.7. The average Bonchev–Trinajstić information content (AvgIpc) is 3.17. The summed E-state index contributed by atoms with van der Waals surface area (Å²) in [5.74, 6) is -0.510. The van der Waals surface area contributed by atoms with Crippen LogP contribution in [0.5, 0.6) is 0 Å². The number of para-hydroxylation sites is 1. The molecule has 0 saturated carbocycles. The number of carbonyl (C=O) groups excluding carboxylic acids is 1. The molecule has 0 radical (unpaired) electrons. The molecule has 1 N–H and O–H groups in total. The summed E-state index contributed by atoms with van der Waals surface area (Å²) < 4.78 is 39.6. The number of aromatic nitrogens is 3. The van der Waals surface area contributed by atoms with Gasteiger partial charge in [-0.3, -0.25) is 19.8 Å². The van der Waals surface area contributed by atoms with E-state index in [2.05, 4.69) is 15.2 Å². The van der Waals surface area contributed by atoms with Gasteiger partial charge < -0.3 is 0 Å². The zero-order valence-electron chi connectivity index (χ0n) is 14.4. The summed E-state index contributed by atoms with van der Waals surface area (Å²) in [5, 5.41) is 15.6. The first-order valence-electron chi connectivity index (χ1n) is 8.13. The number of nitrogens with one attached hydrogen (secondary N) is 1. The second-order valence-electron chi connectivity index (χ2n) is 5.72. The smallest absolute Gasteiger partial charge is 0.294 e. The Balaban J connectivity index is 1.70. The van der Waals surface area contributed by atoms with Gasteiger partial charge in [-0.1, -0.05) is 24.3 Å². The largest absolute Gasteiger partial charge is 0.416 e. The van der Waals surface area contributed by atoms with Crippen molar-refractivity contribution >= 4 is 23.4 Å². The number of alkyl halides is 3. The third-order valence-corrected chi connectivity index (χ3v) is 3.78. The van der Waals surface area contributed by atoms with E-state index in [9.17, 15) is 18.0 Å². The van der Waals surface area contributed by atoms with E-state index in [0.717, 1.165) is 12.1 Å². The number of hydrogen-bond donors (Lipinski definition) is 1. The van der Waals surface area contributed by atoms with Gasteiger partial charge in [0.1, 0.15) is 12.0 Å². The monoisotopic (exact) mass is 385 g/mol. The molecule has 3 rings (SSSR count). The van der Waals surface area contributed by atoms with Gasteiger partial charge in [0.2, 0.25) is 0 Å². The number of hydrogen-bond acceptors (Lipinski definition) is 5. The number of rotatable bonds is 6. The van der Waals surface area contributed by atoms with Crippen LogP contribution in [0.3, 0.4) is 0 Å². The normalized spacial score (nSPS) is 11.7. The maximum Gasteiger partial charge on any atom is 0.416 e. The lowest BCUT2D eigenvalue weighted by atomic mass is 10.1. The maximum atomic E-state index is 12.7. The van der Waals surface area contributed by atoms with Gasteiger partial charge in [0, 0.05) is 18.3 Å². The molecular formula is C19H14F3N5O. The molecule has 0 saturated heterocycles. The van der Waals surface area contributed by atoms with Crippen LogP contribution >= 0.6 is 0 Å². The van der Waals surface area contributed by atoms with Crippen LogP contribution in [0.25, 0.3) is 5.69 Å². The molecule has 0 spiro atoms. The topological polar surface area (TPSA) is 84.0 Å². The molecule has 0 aliphatic heterocycles. The predicted molar refractivity (Wildman–Crippen MR) is 97.4 cm³/mol. The number of carbonyl (C=O) groups is 1. The van der Waals surface area contributed by atoms with Crippen molar-refractivity contribution in [3.05, 3.63) is 72.3 Å². The van der Waals surface area contributed by atoms with E-state index in [1.807, 2.05) is 6.07 Å². The van der Waals surface area contributed by atoms with Crippen molar-refractivity contribution in [2.75, 3.05) is 0 Å². The van der Waals surface area contributed by atoms with Crippen molar-refractivity contribution in [3.8, 4) is 5.69 Å². The molecule has 0 bridgehead atoms. The predicted octanol–water partition coefficient (Wildman–Crippen LogP) is 4.02. The number of nitrogens with zero attached hydrogens (tertiary/aromatic N) is 4. The third-order valence-electron chi connectivity index (χ3n) is 3.78. The van der Waals surface area contributed by atoms with Crippen molar-refractivity contribution in [1.29, 1.82) is 5.41 Å². The second kappa shape index (κ2) is 7.95. The molecule has 0 amide bonds. The summed E-state index contributed by atoms with van der Waals surface area (Å²) in [5.41, 5.74) is -0.423. The van der Waals surface area contributed by atoms with Gasteiger partial charge in [-0.05, 0) is 30.3 Å². The Kier molecular flexibility index (Phi) is 5.44. The number of Topliss-reactive ketones (excluding diaryl/α,β-unsaturated/α-hetero) is 1. The lowest BCUT2D eigenvalue weighted by Gasteiger charge is -2.06. The van der Waals surface area contributed by atoms with Crippen LogP contribution in [-0.2, 0) is 11.0 Å². The Hall–Kier alpha value is -3.62. The minimum absolute atomic E-state index is 0.0709.